The third kappa shape index (κ3) is 6.62. The Labute approximate surface area is 237 Å². The Balaban J connectivity index is 1.19. The van der Waals surface area contributed by atoms with Gasteiger partial charge in [-0.05, 0) is 24.1 Å². The lowest BCUT2D eigenvalue weighted by atomic mass is 10.1. The van der Waals surface area contributed by atoms with Gasteiger partial charge in [0.2, 0.25) is 11.8 Å². The number of aromatic amines is 1. The Morgan fingerprint density at radius 2 is 1.80 bits per heavy atom. The largest absolute Gasteiger partial charge is 0.350 e. The lowest BCUT2D eigenvalue weighted by Gasteiger charge is -2.26. The summed E-state index contributed by atoms with van der Waals surface area (Å²) in [7, 11) is 0. The highest BCUT2D eigenvalue weighted by Gasteiger charge is 2.44. The maximum atomic E-state index is 13.5. The number of H-pyrrole nitrogens is 1. The number of hydrogen-bond donors (Lipinski definition) is 4. The number of halogens is 2. The van der Waals surface area contributed by atoms with E-state index in [0.717, 1.165) is 22.6 Å². The number of hydrogen-bond acceptors (Lipinski definition) is 5. The van der Waals surface area contributed by atoms with E-state index in [0.29, 0.717) is 12.0 Å². The molecule has 2 fully saturated rings. The van der Waals surface area contributed by atoms with Crippen molar-refractivity contribution in [3.8, 4) is 22.6 Å². The molecular weight excluding hydrogens is 530 g/mol. The number of rotatable bonds is 8. The van der Waals surface area contributed by atoms with Crippen LogP contribution in [0.15, 0.2) is 60.8 Å². The minimum absolute atomic E-state index is 0.0923. The fourth-order valence-corrected chi connectivity index (χ4v) is 5.34. The highest BCUT2D eigenvalue weighted by molar-refractivity contribution is 5.94. The van der Waals surface area contributed by atoms with Crippen molar-refractivity contribution in [2.75, 3.05) is 19.6 Å². The standard InChI is InChI=1S/C30H34F2N6O3/c1-18(2)29(41)38-16-22(36-28(40)24-13-30(31,32)17-35-24)12-23(38)14-34-27(39)21-10-8-19(9-11-21)25-15-33-26(37-25)20-6-4-3-5-7-20/h3-11,15,18,22-24,35H,12-14,16-17H2,1-2H3,(H,33,37)(H,34,39)(H,36,40)/t22-,23-,24+/m1/s1. The molecule has 3 aromatic rings. The molecule has 0 bridgehead atoms. The first-order chi connectivity index (χ1) is 19.6. The summed E-state index contributed by atoms with van der Waals surface area (Å²) in [5, 5.41) is 8.29. The summed E-state index contributed by atoms with van der Waals surface area (Å²) < 4.78 is 27.1. The van der Waals surface area contributed by atoms with Crippen molar-refractivity contribution in [1.82, 2.24) is 30.8 Å². The van der Waals surface area contributed by atoms with E-state index in [-0.39, 0.29) is 36.9 Å². The average molecular weight is 565 g/mol. The Bertz CT molecular complexity index is 1390. The Kier molecular flexibility index (Phi) is 8.16. The predicted octanol–water partition coefficient (Wildman–Crippen LogP) is 3.21. The highest BCUT2D eigenvalue weighted by atomic mass is 19.3. The molecule has 0 unspecified atom stereocenters. The zero-order chi connectivity index (χ0) is 29.1. The van der Waals surface area contributed by atoms with Gasteiger partial charge in [-0.15, -0.1) is 0 Å². The second kappa shape index (κ2) is 11.8. The van der Waals surface area contributed by atoms with Crippen LogP contribution in [0, 0.1) is 5.92 Å². The zero-order valence-corrected chi connectivity index (χ0v) is 23.0. The van der Waals surface area contributed by atoms with Gasteiger partial charge in [-0.2, -0.15) is 0 Å². The van der Waals surface area contributed by atoms with Gasteiger partial charge in [-0.1, -0.05) is 56.3 Å². The Morgan fingerprint density at radius 1 is 1.07 bits per heavy atom. The number of aromatic nitrogens is 2. The van der Waals surface area contributed by atoms with Gasteiger partial charge in [-0.3, -0.25) is 19.7 Å². The maximum Gasteiger partial charge on any atom is 0.262 e. The fraction of sp³-hybridized carbons (Fsp3) is 0.400. The molecule has 0 saturated carbocycles. The topological polar surface area (TPSA) is 119 Å². The van der Waals surface area contributed by atoms with Gasteiger partial charge in [0.15, 0.2) is 0 Å². The first-order valence-corrected chi connectivity index (χ1v) is 13.8. The number of amides is 3. The molecule has 2 aliphatic heterocycles. The normalized spacial score (nSPS) is 21.7. The smallest absolute Gasteiger partial charge is 0.262 e. The molecule has 41 heavy (non-hydrogen) atoms. The van der Waals surface area contributed by atoms with E-state index >= 15 is 0 Å². The molecule has 9 nitrogen and oxygen atoms in total. The average Bonchev–Trinajstić information content (AvgIpc) is 3.70. The molecule has 3 amide bonds. The van der Waals surface area contributed by atoms with Gasteiger partial charge in [0.25, 0.3) is 11.8 Å². The van der Waals surface area contributed by atoms with E-state index in [1.54, 1.807) is 37.1 Å². The van der Waals surface area contributed by atoms with Crippen molar-refractivity contribution in [3.05, 3.63) is 66.4 Å². The minimum atomic E-state index is -2.91. The van der Waals surface area contributed by atoms with Gasteiger partial charge in [-0.25, -0.2) is 13.8 Å². The molecule has 2 aliphatic rings. The molecule has 4 N–H and O–H groups in total. The van der Waals surface area contributed by atoms with Crippen molar-refractivity contribution >= 4 is 17.7 Å². The third-order valence-corrected chi connectivity index (χ3v) is 7.54. The number of imidazole rings is 1. The number of benzene rings is 2. The summed E-state index contributed by atoms with van der Waals surface area (Å²) in [6.07, 6.45) is 1.62. The minimum Gasteiger partial charge on any atom is -0.350 e. The number of carbonyl (C=O) groups is 3. The lowest BCUT2D eigenvalue weighted by molar-refractivity contribution is -0.135. The van der Waals surface area contributed by atoms with Gasteiger partial charge < -0.3 is 20.5 Å². The second-order valence-corrected chi connectivity index (χ2v) is 11.0. The van der Waals surface area contributed by atoms with Crippen LogP contribution in [0.1, 0.15) is 37.0 Å². The van der Waals surface area contributed by atoms with Gasteiger partial charge in [0, 0.05) is 42.6 Å². The van der Waals surface area contributed by atoms with Gasteiger partial charge in [0.05, 0.1) is 30.5 Å². The molecule has 2 saturated heterocycles. The number of alkyl halides is 2. The van der Waals surface area contributed by atoms with Crippen LogP contribution in [-0.4, -0.2) is 76.3 Å². The van der Waals surface area contributed by atoms with Crippen molar-refractivity contribution in [2.24, 2.45) is 5.92 Å². The summed E-state index contributed by atoms with van der Waals surface area (Å²) in [6, 6.07) is 15.2. The van der Waals surface area contributed by atoms with Crippen LogP contribution in [0.25, 0.3) is 22.6 Å². The van der Waals surface area contributed by atoms with Crippen LogP contribution in [0.2, 0.25) is 0 Å². The van der Waals surface area contributed by atoms with E-state index in [4.69, 9.17) is 0 Å². The highest BCUT2D eigenvalue weighted by Crippen LogP contribution is 2.26. The first kappa shape index (κ1) is 28.4. The van der Waals surface area contributed by atoms with E-state index in [9.17, 15) is 23.2 Å². The summed E-state index contributed by atoms with van der Waals surface area (Å²) in [5.41, 5.74) is 3.16. The molecular formula is C30H34F2N6O3. The first-order valence-electron chi connectivity index (χ1n) is 13.8. The molecule has 3 atom stereocenters. The predicted molar refractivity (Wildman–Crippen MR) is 150 cm³/mol. The van der Waals surface area contributed by atoms with E-state index < -0.39 is 36.9 Å². The SMILES string of the molecule is CC(C)C(=O)N1C[C@H](NC(=O)[C@@H]2CC(F)(F)CN2)C[C@@H]1CNC(=O)c1ccc(-c2cnc(-c3ccccc3)[nH]2)cc1. The van der Waals surface area contributed by atoms with Gasteiger partial charge in [0.1, 0.15) is 5.82 Å². The van der Waals surface area contributed by atoms with Crippen molar-refractivity contribution in [2.45, 2.75) is 50.7 Å². The summed E-state index contributed by atoms with van der Waals surface area (Å²) in [4.78, 5) is 47.8. The summed E-state index contributed by atoms with van der Waals surface area (Å²) in [6.45, 7) is 3.51. The summed E-state index contributed by atoms with van der Waals surface area (Å²) in [5.74, 6) is -3.30. The number of nitrogens with one attached hydrogen (secondary N) is 4. The maximum absolute atomic E-state index is 13.5. The zero-order valence-electron chi connectivity index (χ0n) is 23.0. The molecule has 2 aromatic carbocycles. The number of carbonyl (C=O) groups excluding carboxylic acids is 3. The second-order valence-electron chi connectivity index (χ2n) is 11.0. The molecule has 216 valence electrons. The molecule has 3 heterocycles. The monoisotopic (exact) mass is 564 g/mol. The van der Waals surface area contributed by atoms with Crippen LogP contribution < -0.4 is 16.0 Å². The molecule has 0 radical (unpaired) electrons. The van der Waals surface area contributed by atoms with Crippen molar-refractivity contribution in [1.29, 1.82) is 0 Å². The van der Waals surface area contributed by atoms with Gasteiger partial charge >= 0.3 is 0 Å². The fourth-order valence-electron chi connectivity index (χ4n) is 5.34. The Morgan fingerprint density at radius 3 is 2.46 bits per heavy atom. The number of likely N-dealkylation sites (tertiary alicyclic amines) is 1. The molecule has 0 aliphatic carbocycles. The molecule has 11 heteroatoms. The van der Waals surface area contributed by atoms with Crippen LogP contribution in [0.5, 0.6) is 0 Å². The van der Waals surface area contributed by atoms with Crippen molar-refractivity contribution < 1.29 is 23.2 Å². The number of nitrogens with zero attached hydrogens (tertiary/aromatic N) is 2. The van der Waals surface area contributed by atoms with Crippen LogP contribution in [0.3, 0.4) is 0 Å². The van der Waals surface area contributed by atoms with E-state index in [1.807, 2.05) is 42.5 Å². The Hall–Kier alpha value is -4.12. The molecule has 1 aromatic heterocycles. The third-order valence-electron chi connectivity index (χ3n) is 7.54. The summed E-state index contributed by atoms with van der Waals surface area (Å²) >= 11 is 0. The lowest BCUT2D eigenvalue weighted by Crippen LogP contribution is -2.47. The van der Waals surface area contributed by atoms with Crippen molar-refractivity contribution in [3.63, 3.8) is 0 Å². The van der Waals surface area contributed by atoms with Crippen LogP contribution in [-0.2, 0) is 9.59 Å². The van der Waals surface area contributed by atoms with Crippen LogP contribution >= 0.6 is 0 Å². The molecule has 5 rings (SSSR count). The van der Waals surface area contributed by atoms with Crippen LogP contribution in [0.4, 0.5) is 8.78 Å². The quantitative estimate of drug-likeness (QED) is 0.335. The van der Waals surface area contributed by atoms with E-state index in [2.05, 4.69) is 25.9 Å². The van der Waals surface area contributed by atoms with E-state index in [1.165, 1.54) is 0 Å². The molecule has 0 spiro atoms.